The van der Waals surface area contributed by atoms with E-state index in [9.17, 15) is 18.4 Å². The van der Waals surface area contributed by atoms with Crippen LogP contribution in [-0.2, 0) is 11.3 Å². The molecule has 0 saturated carbocycles. The van der Waals surface area contributed by atoms with Crippen molar-refractivity contribution in [1.29, 1.82) is 0 Å². The van der Waals surface area contributed by atoms with E-state index >= 15 is 0 Å². The summed E-state index contributed by atoms with van der Waals surface area (Å²) in [6, 6.07) is 6.54. The Morgan fingerprint density at radius 2 is 1.88 bits per heavy atom. The van der Waals surface area contributed by atoms with Crippen LogP contribution in [0.25, 0.3) is 10.9 Å². The number of amides is 2. The number of hydrogen-bond acceptors (Lipinski definition) is 4. The van der Waals surface area contributed by atoms with E-state index in [1.807, 2.05) is 29.9 Å². The number of likely N-dealkylation sites (tertiary alicyclic amines) is 1. The zero-order valence-electron chi connectivity index (χ0n) is 17.9. The number of rotatable bonds is 7. The summed E-state index contributed by atoms with van der Waals surface area (Å²) in [5, 5.41) is 8.26. The number of halogens is 2. The molecule has 2 amide bonds. The van der Waals surface area contributed by atoms with E-state index in [4.69, 9.17) is 4.74 Å². The van der Waals surface area contributed by atoms with Crippen molar-refractivity contribution >= 4 is 22.7 Å². The minimum absolute atomic E-state index is 0.0116. The fourth-order valence-electron chi connectivity index (χ4n) is 3.90. The van der Waals surface area contributed by atoms with Gasteiger partial charge in [-0.15, -0.1) is 0 Å². The van der Waals surface area contributed by atoms with Crippen LogP contribution >= 0.6 is 0 Å². The number of hydrogen-bond donors (Lipinski definition) is 1. The zero-order chi connectivity index (χ0) is 22.8. The molecule has 1 aliphatic rings. The minimum Gasteiger partial charge on any atom is -0.383 e. The average molecular weight is 442 g/mol. The molecule has 2 aromatic carbocycles. The molecular formula is C23H24F2N4O3. The van der Waals surface area contributed by atoms with E-state index in [1.54, 1.807) is 12.0 Å². The summed E-state index contributed by atoms with van der Waals surface area (Å²) in [5.41, 5.74) is 2.23. The van der Waals surface area contributed by atoms with Gasteiger partial charge in [0.2, 0.25) is 0 Å². The van der Waals surface area contributed by atoms with Crippen molar-refractivity contribution in [2.24, 2.45) is 5.92 Å². The number of aryl methyl sites for hydroxylation is 1. The van der Waals surface area contributed by atoms with Crippen molar-refractivity contribution in [2.45, 2.75) is 13.5 Å². The van der Waals surface area contributed by atoms with Gasteiger partial charge in [0.25, 0.3) is 11.8 Å². The first-order valence-corrected chi connectivity index (χ1v) is 10.3. The first-order valence-electron chi connectivity index (χ1n) is 10.3. The van der Waals surface area contributed by atoms with Crippen molar-refractivity contribution in [2.75, 3.05) is 33.4 Å². The van der Waals surface area contributed by atoms with E-state index in [0.717, 1.165) is 34.7 Å². The SMILES string of the molecule is COCCNC(=O)c1cc2cn(CC3CN(C(=O)c4cc(F)cc(F)c4)C3)nc2cc1C. The number of ether oxygens (including phenoxy) is 1. The van der Waals surface area contributed by atoms with Gasteiger partial charge in [-0.1, -0.05) is 0 Å². The Hall–Kier alpha value is -3.33. The molecule has 1 aliphatic heterocycles. The molecule has 3 aromatic rings. The van der Waals surface area contributed by atoms with Gasteiger partial charge < -0.3 is 15.0 Å². The number of carbonyl (C=O) groups excluding carboxylic acids is 2. The quantitative estimate of drug-likeness (QED) is 0.571. The summed E-state index contributed by atoms with van der Waals surface area (Å²) in [7, 11) is 1.58. The van der Waals surface area contributed by atoms with Gasteiger partial charge in [-0.2, -0.15) is 5.10 Å². The summed E-state index contributed by atoms with van der Waals surface area (Å²) in [4.78, 5) is 26.4. The zero-order valence-corrected chi connectivity index (χ0v) is 17.9. The summed E-state index contributed by atoms with van der Waals surface area (Å²) in [5.74, 6) is -1.89. The molecule has 0 bridgehead atoms. The van der Waals surface area contributed by atoms with Crippen molar-refractivity contribution in [3.05, 3.63) is 64.9 Å². The minimum atomic E-state index is -0.768. The molecule has 2 heterocycles. The molecular weight excluding hydrogens is 418 g/mol. The number of fused-ring (bicyclic) bond motifs is 1. The maximum absolute atomic E-state index is 13.4. The van der Waals surface area contributed by atoms with E-state index in [1.165, 1.54) is 0 Å². The van der Waals surface area contributed by atoms with E-state index in [2.05, 4.69) is 10.4 Å². The first-order chi connectivity index (χ1) is 15.3. The van der Waals surface area contributed by atoms with Gasteiger partial charge in [0, 0.05) is 68.0 Å². The summed E-state index contributed by atoms with van der Waals surface area (Å²) < 4.78 is 33.5. The van der Waals surface area contributed by atoms with Crippen LogP contribution in [0, 0.1) is 24.5 Å². The third kappa shape index (κ3) is 4.62. The number of aromatic nitrogens is 2. The fraction of sp³-hybridized carbons (Fsp3) is 0.348. The molecule has 32 heavy (non-hydrogen) atoms. The highest BCUT2D eigenvalue weighted by Gasteiger charge is 2.32. The van der Waals surface area contributed by atoms with Crippen LogP contribution in [0.2, 0.25) is 0 Å². The molecule has 7 nitrogen and oxygen atoms in total. The Balaban J connectivity index is 1.39. The van der Waals surface area contributed by atoms with Crippen molar-refractivity contribution < 1.29 is 23.1 Å². The second kappa shape index (κ2) is 9.04. The third-order valence-electron chi connectivity index (χ3n) is 5.53. The van der Waals surface area contributed by atoms with Crippen molar-refractivity contribution in [3.8, 4) is 0 Å². The summed E-state index contributed by atoms with van der Waals surface area (Å²) in [6.07, 6.45) is 1.88. The Morgan fingerprint density at radius 1 is 1.16 bits per heavy atom. The van der Waals surface area contributed by atoms with Crippen LogP contribution in [0.4, 0.5) is 8.78 Å². The maximum atomic E-state index is 13.4. The average Bonchev–Trinajstić information content (AvgIpc) is 3.10. The van der Waals surface area contributed by atoms with Gasteiger partial charge in [-0.25, -0.2) is 8.78 Å². The van der Waals surface area contributed by atoms with Gasteiger partial charge in [0.05, 0.1) is 12.1 Å². The number of nitrogens with zero attached hydrogens (tertiary/aromatic N) is 3. The van der Waals surface area contributed by atoms with Crippen LogP contribution in [0.1, 0.15) is 26.3 Å². The van der Waals surface area contributed by atoms with Crippen LogP contribution in [0.15, 0.2) is 36.5 Å². The van der Waals surface area contributed by atoms with Gasteiger partial charge in [-0.05, 0) is 36.8 Å². The molecule has 4 rings (SSSR count). The topological polar surface area (TPSA) is 76.5 Å². The molecule has 0 atom stereocenters. The largest absolute Gasteiger partial charge is 0.383 e. The van der Waals surface area contributed by atoms with E-state index in [0.29, 0.717) is 38.3 Å². The van der Waals surface area contributed by atoms with Gasteiger partial charge in [0.1, 0.15) is 11.6 Å². The van der Waals surface area contributed by atoms with Crippen molar-refractivity contribution in [1.82, 2.24) is 20.0 Å². The van der Waals surface area contributed by atoms with Crippen LogP contribution in [0.3, 0.4) is 0 Å². The van der Waals surface area contributed by atoms with Gasteiger partial charge >= 0.3 is 0 Å². The fourth-order valence-corrected chi connectivity index (χ4v) is 3.90. The molecule has 1 fully saturated rings. The lowest BCUT2D eigenvalue weighted by molar-refractivity contribution is 0.0461. The van der Waals surface area contributed by atoms with Gasteiger partial charge in [0.15, 0.2) is 0 Å². The van der Waals surface area contributed by atoms with Gasteiger partial charge in [-0.3, -0.25) is 14.3 Å². The lowest BCUT2D eigenvalue weighted by atomic mass is 9.99. The highest BCUT2D eigenvalue weighted by atomic mass is 19.1. The van der Waals surface area contributed by atoms with Crippen LogP contribution in [0.5, 0.6) is 0 Å². The van der Waals surface area contributed by atoms with Crippen LogP contribution in [-0.4, -0.2) is 59.8 Å². The molecule has 1 saturated heterocycles. The Labute approximate surface area is 183 Å². The summed E-state index contributed by atoms with van der Waals surface area (Å²) >= 11 is 0. The molecule has 1 N–H and O–H groups in total. The lowest BCUT2D eigenvalue weighted by Gasteiger charge is -2.39. The number of nitrogens with one attached hydrogen (secondary N) is 1. The molecule has 0 unspecified atom stereocenters. The molecule has 0 spiro atoms. The second-order valence-corrected chi connectivity index (χ2v) is 8.06. The Bertz CT molecular complexity index is 1150. The maximum Gasteiger partial charge on any atom is 0.254 e. The Kier molecular flexibility index (Phi) is 6.18. The van der Waals surface area contributed by atoms with Crippen LogP contribution < -0.4 is 5.32 Å². The lowest BCUT2D eigenvalue weighted by Crippen LogP contribution is -2.51. The molecule has 168 valence electrons. The number of carbonyl (C=O) groups is 2. The number of methoxy groups -OCH3 is 1. The third-order valence-corrected chi connectivity index (χ3v) is 5.53. The predicted octanol–water partition coefficient (Wildman–Crippen LogP) is 2.77. The predicted molar refractivity (Wildman–Crippen MR) is 114 cm³/mol. The molecule has 0 aliphatic carbocycles. The highest BCUT2D eigenvalue weighted by Crippen LogP contribution is 2.23. The summed E-state index contributed by atoms with van der Waals surface area (Å²) in [6.45, 7) is 4.32. The normalized spacial score (nSPS) is 13.9. The van der Waals surface area contributed by atoms with E-state index < -0.39 is 11.6 Å². The van der Waals surface area contributed by atoms with E-state index in [-0.39, 0.29) is 23.3 Å². The second-order valence-electron chi connectivity index (χ2n) is 8.06. The van der Waals surface area contributed by atoms with Crippen molar-refractivity contribution in [3.63, 3.8) is 0 Å². The smallest absolute Gasteiger partial charge is 0.254 e. The molecule has 1 aromatic heterocycles. The molecule has 0 radical (unpaired) electrons. The first kappa shape index (κ1) is 21.9. The number of benzene rings is 2. The molecule has 9 heteroatoms. The Morgan fingerprint density at radius 3 is 2.56 bits per heavy atom. The monoisotopic (exact) mass is 442 g/mol. The standard InChI is InChI=1S/C23H24F2N4O3/c1-14-5-21-17(8-20(14)22(30)26-3-4-32-2)13-29(27-21)12-15-10-28(11-15)23(31)16-6-18(24)9-19(25)7-16/h5-9,13,15H,3-4,10-12H2,1-2H3,(H,26,30). The highest BCUT2D eigenvalue weighted by molar-refractivity contribution is 5.99.